The lowest BCUT2D eigenvalue weighted by molar-refractivity contribution is 0.127. The molecule has 1 heterocycles. The van der Waals surface area contributed by atoms with E-state index in [4.69, 9.17) is 15.6 Å². The molecule has 0 saturated carbocycles. The summed E-state index contributed by atoms with van der Waals surface area (Å²) in [5.41, 5.74) is 4.78. The highest BCUT2D eigenvalue weighted by Crippen LogP contribution is 1.91. The van der Waals surface area contributed by atoms with Crippen molar-refractivity contribution in [1.29, 1.82) is 0 Å². The molecule has 0 aromatic rings. The Morgan fingerprint density at radius 1 is 1.80 bits per heavy atom. The Hall–Kier alpha value is -0.160. The Balaban J connectivity index is 0.000000180. The van der Waals surface area contributed by atoms with Crippen molar-refractivity contribution >= 4 is 0 Å². The fraction of sp³-hybridized carbons (Fsp3) is 1.00. The van der Waals surface area contributed by atoms with Crippen LogP contribution in [0.3, 0.4) is 0 Å². The van der Waals surface area contributed by atoms with Crippen LogP contribution in [0.15, 0.2) is 0 Å². The number of nitrogens with one attached hydrogen (secondary N) is 1. The highest BCUT2D eigenvalue weighted by Gasteiger charge is 2.05. The Kier molecular flexibility index (Phi) is 6.84. The summed E-state index contributed by atoms with van der Waals surface area (Å²) >= 11 is 0. The number of aliphatic hydroxyl groups is 1. The van der Waals surface area contributed by atoms with Crippen molar-refractivity contribution in [2.45, 2.75) is 13.0 Å². The molecule has 1 unspecified atom stereocenters. The highest BCUT2D eigenvalue weighted by molar-refractivity contribution is 4.57. The molecule has 1 aliphatic rings. The van der Waals surface area contributed by atoms with Gasteiger partial charge in [-0.3, -0.25) is 5.32 Å². The SMILES string of the molecule is CC1CNCO1.NCCO. The van der Waals surface area contributed by atoms with Crippen LogP contribution in [-0.2, 0) is 4.74 Å². The minimum absolute atomic E-state index is 0.0972. The maximum atomic E-state index is 7.75. The number of hydrogen-bond acceptors (Lipinski definition) is 4. The van der Waals surface area contributed by atoms with Gasteiger partial charge < -0.3 is 15.6 Å². The van der Waals surface area contributed by atoms with E-state index in [0.717, 1.165) is 13.3 Å². The second-order valence-corrected chi connectivity index (χ2v) is 2.09. The summed E-state index contributed by atoms with van der Waals surface area (Å²) in [6.07, 6.45) is 0.435. The van der Waals surface area contributed by atoms with Gasteiger partial charge in [-0.2, -0.15) is 0 Å². The molecule has 0 amide bonds. The molecule has 1 atom stereocenters. The molecule has 1 aliphatic heterocycles. The molecule has 4 nitrogen and oxygen atoms in total. The van der Waals surface area contributed by atoms with Crippen molar-refractivity contribution in [3.8, 4) is 0 Å². The number of aliphatic hydroxyl groups excluding tert-OH is 1. The number of rotatable bonds is 1. The first-order valence-corrected chi connectivity index (χ1v) is 3.44. The lowest BCUT2D eigenvalue weighted by atomic mass is 10.4. The number of nitrogens with two attached hydrogens (primary N) is 1. The van der Waals surface area contributed by atoms with E-state index in [0.29, 0.717) is 12.6 Å². The lowest BCUT2D eigenvalue weighted by Crippen LogP contribution is -2.09. The molecule has 1 rings (SSSR count). The predicted molar refractivity (Wildman–Crippen MR) is 39.6 cm³/mol. The Labute approximate surface area is 61.4 Å². The average molecular weight is 148 g/mol. The van der Waals surface area contributed by atoms with Gasteiger partial charge in [-0.05, 0) is 6.92 Å². The van der Waals surface area contributed by atoms with Gasteiger partial charge >= 0.3 is 0 Å². The van der Waals surface area contributed by atoms with Gasteiger partial charge in [0, 0.05) is 13.1 Å². The fourth-order valence-electron chi connectivity index (χ4n) is 0.522. The summed E-state index contributed by atoms with van der Waals surface area (Å²) in [6, 6.07) is 0. The normalized spacial score (nSPS) is 23.7. The summed E-state index contributed by atoms with van der Waals surface area (Å²) in [7, 11) is 0. The number of hydrogen-bond donors (Lipinski definition) is 3. The maximum Gasteiger partial charge on any atom is 0.0970 e. The van der Waals surface area contributed by atoms with Crippen LogP contribution in [0, 0.1) is 0 Å². The van der Waals surface area contributed by atoms with E-state index in [1.807, 2.05) is 0 Å². The van der Waals surface area contributed by atoms with Gasteiger partial charge in [-0.1, -0.05) is 0 Å². The minimum atomic E-state index is 0.0972. The third kappa shape index (κ3) is 5.97. The second-order valence-electron chi connectivity index (χ2n) is 2.09. The van der Waals surface area contributed by atoms with Crippen LogP contribution in [0.4, 0.5) is 0 Å². The molecule has 0 aromatic heterocycles. The first-order valence-electron chi connectivity index (χ1n) is 3.44. The van der Waals surface area contributed by atoms with Crippen LogP contribution in [0.1, 0.15) is 6.92 Å². The fourth-order valence-corrected chi connectivity index (χ4v) is 0.522. The summed E-state index contributed by atoms with van der Waals surface area (Å²) < 4.78 is 5.04. The van der Waals surface area contributed by atoms with Crippen LogP contribution < -0.4 is 11.1 Å². The molecule has 62 valence electrons. The van der Waals surface area contributed by atoms with Crippen LogP contribution >= 0.6 is 0 Å². The zero-order valence-electron chi connectivity index (χ0n) is 6.34. The van der Waals surface area contributed by atoms with Crippen molar-refractivity contribution in [2.24, 2.45) is 5.73 Å². The van der Waals surface area contributed by atoms with E-state index in [9.17, 15) is 0 Å². The van der Waals surface area contributed by atoms with Gasteiger partial charge in [0.2, 0.25) is 0 Å². The van der Waals surface area contributed by atoms with Crippen LogP contribution in [0.5, 0.6) is 0 Å². The van der Waals surface area contributed by atoms with Crippen LogP contribution in [0.25, 0.3) is 0 Å². The third-order valence-electron chi connectivity index (χ3n) is 1.03. The van der Waals surface area contributed by atoms with Crippen molar-refractivity contribution < 1.29 is 9.84 Å². The van der Waals surface area contributed by atoms with Gasteiger partial charge in [0.15, 0.2) is 0 Å². The Bertz CT molecular complexity index is 62.8. The molecule has 1 fully saturated rings. The quantitative estimate of drug-likeness (QED) is 0.441. The summed E-state index contributed by atoms with van der Waals surface area (Å²) in [6.45, 7) is 4.28. The van der Waals surface area contributed by atoms with Crippen molar-refractivity contribution in [1.82, 2.24) is 5.32 Å². The zero-order valence-corrected chi connectivity index (χ0v) is 6.34. The minimum Gasteiger partial charge on any atom is -0.395 e. The standard InChI is InChI=1S/C4H9NO.C2H7NO/c1-4-2-5-3-6-4;3-1-2-4/h4-5H,2-3H2,1H3;4H,1-3H2. The van der Waals surface area contributed by atoms with E-state index in [1.165, 1.54) is 0 Å². The molecule has 4 N–H and O–H groups in total. The topological polar surface area (TPSA) is 67.5 Å². The zero-order chi connectivity index (χ0) is 7.82. The number of ether oxygens (including phenoxy) is 1. The second kappa shape index (κ2) is 6.95. The summed E-state index contributed by atoms with van der Waals surface area (Å²) in [4.78, 5) is 0. The van der Waals surface area contributed by atoms with E-state index in [-0.39, 0.29) is 6.61 Å². The predicted octanol–water partition coefficient (Wildman–Crippen LogP) is -1.11. The summed E-state index contributed by atoms with van der Waals surface area (Å²) in [5, 5.41) is 10.8. The molecule has 0 aliphatic carbocycles. The molecule has 10 heavy (non-hydrogen) atoms. The molecule has 0 spiro atoms. The largest absolute Gasteiger partial charge is 0.395 e. The van der Waals surface area contributed by atoms with Crippen molar-refractivity contribution in [3.63, 3.8) is 0 Å². The van der Waals surface area contributed by atoms with E-state index in [2.05, 4.69) is 12.2 Å². The van der Waals surface area contributed by atoms with Gasteiger partial charge in [0.1, 0.15) is 0 Å². The van der Waals surface area contributed by atoms with Gasteiger partial charge in [-0.25, -0.2) is 0 Å². The smallest absolute Gasteiger partial charge is 0.0970 e. The lowest BCUT2D eigenvalue weighted by Gasteiger charge is -1.92. The van der Waals surface area contributed by atoms with E-state index < -0.39 is 0 Å². The van der Waals surface area contributed by atoms with Gasteiger partial charge in [0.25, 0.3) is 0 Å². The van der Waals surface area contributed by atoms with Crippen molar-refractivity contribution in [3.05, 3.63) is 0 Å². The van der Waals surface area contributed by atoms with E-state index in [1.54, 1.807) is 0 Å². The molecule has 0 bridgehead atoms. The van der Waals surface area contributed by atoms with Gasteiger partial charge in [0.05, 0.1) is 19.4 Å². The highest BCUT2D eigenvalue weighted by atomic mass is 16.5. The summed E-state index contributed by atoms with van der Waals surface area (Å²) in [5.74, 6) is 0. The first-order chi connectivity index (χ1) is 4.81. The molecule has 1 saturated heterocycles. The van der Waals surface area contributed by atoms with Crippen molar-refractivity contribution in [2.75, 3.05) is 26.4 Å². The monoisotopic (exact) mass is 148 g/mol. The third-order valence-corrected chi connectivity index (χ3v) is 1.03. The van der Waals surface area contributed by atoms with E-state index >= 15 is 0 Å². The first kappa shape index (κ1) is 9.84. The molecule has 4 heteroatoms. The molecular formula is C6H16N2O2. The molecular weight excluding hydrogens is 132 g/mol. The van der Waals surface area contributed by atoms with Crippen LogP contribution in [0.2, 0.25) is 0 Å². The average Bonchev–Trinajstić information content (AvgIpc) is 2.40. The maximum absolute atomic E-state index is 7.75. The Morgan fingerprint density at radius 2 is 2.40 bits per heavy atom. The van der Waals surface area contributed by atoms with Crippen LogP contribution in [-0.4, -0.2) is 37.6 Å². The molecule has 0 aromatic carbocycles. The Morgan fingerprint density at radius 3 is 2.50 bits per heavy atom. The van der Waals surface area contributed by atoms with Gasteiger partial charge in [-0.15, -0.1) is 0 Å². The molecule has 0 radical (unpaired) electrons.